The van der Waals surface area contributed by atoms with Crippen molar-refractivity contribution in [1.29, 1.82) is 0 Å². The summed E-state index contributed by atoms with van der Waals surface area (Å²) in [5, 5.41) is 5.34. The zero-order valence-corrected chi connectivity index (χ0v) is 12.4. The number of nitrogens with one attached hydrogen (secondary N) is 2. The van der Waals surface area contributed by atoms with Crippen LogP contribution in [0.15, 0.2) is 54.6 Å². The average Bonchev–Trinajstić information content (AvgIpc) is 2.52. The van der Waals surface area contributed by atoms with Gasteiger partial charge in [0.05, 0.1) is 0 Å². The second-order valence-corrected chi connectivity index (χ2v) is 5.09. The minimum atomic E-state index is -0.657. The van der Waals surface area contributed by atoms with Gasteiger partial charge >= 0.3 is 6.03 Å². The van der Waals surface area contributed by atoms with Gasteiger partial charge in [0.2, 0.25) is 0 Å². The van der Waals surface area contributed by atoms with E-state index >= 15 is 0 Å². The number of anilines is 1. The van der Waals surface area contributed by atoms with Crippen molar-refractivity contribution in [3.8, 4) is 0 Å². The Morgan fingerprint density at radius 2 is 1.82 bits per heavy atom. The van der Waals surface area contributed by atoms with Gasteiger partial charge in [0.25, 0.3) is 5.91 Å². The van der Waals surface area contributed by atoms with Gasteiger partial charge in [-0.25, -0.2) is 4.79 Å². The van der Waals surface area contributed by atoms with Gasteiger partial charge in [-0.15, -0.1) is 0 Å². The smallest absolute Gasteiger partial charge is 0.316 e. The van der Waals surface area contributed by atoms with Gasteiger partial charge in [-0.3, -0.25) is 4.79 Å². The number of urea groups is 1. The van der Waals surface area contributed by atoms with Crippen molar-refractivity contribution in [3.05, 3.63) is 65.7 Å². The van der Waals surface area contributed by atoms with E-state index in [9.17, 15) is 9.59 Å². The summed E-state index contributed by atoms with van der Waals surface area (Å²) in [6, 6.07) is 16.0. The summed E-state index contributed by atoms with van der Waals surface area (Å²) in [4.78, 5) is 23.0. The summed E-state index contributed by atoms with van der Waals surface area (Å²) >= 11 is 0. The van der Waals surface area contributed by atoms with Crippen molar-refractivity contribution in [2.75, 3.05) is 11.9 Å². The highest BCUT2D eigenvalue weighted by atomic mass is 16.2. The normalized spacial score (nSPS) is 11.5. The second kappa shape index (κ2) is 7.26. The zero-order valence-electron chi connectivity index (χ0n) is 12.4. The highest BCUT2D eigenvalue weighted by Gasteiger charge is 2.10. The molecule has 0 aromatic heterocycles. The van der Waals surface area contributed by atoms with Crippen LogP contribution in [0.1, 0.15) is 28.8 Å². The van der Waals surface area contributed by atoms with Crippen LogP contribution >= 0.6 is 0 Å². The van der Waals surface area contributed by atoms with Crippen LogP contribution in [0.5, 0.6) is 0 Å². The molecular formula is C17H19N3O2. The minimum Gasteiger partial charge on any atom is -0.351 e. The van der Waals surface area contributed by atoms with Crippen LogP contribution in [0, 0.1) is 0 Å². The monoisotopic (exact) mass is 297 g/mol. The summed E-state index contributed by atoms with van der Waals surface area (Å²) in [5.74, 6) is 0.0352. The van der Waals surface area contributed by atoms with Gasteiger partial charge in [0.15, 0.2) is 0 Å². The lowest BCUT2D eigenvalue weighted by Gasteiger charge is -2.13. The number of amides is 3. The van der Waals surface area contributed by atoms with Crippen LogP contribution in [-0.4, -0.2) is 18.5 Å². The summed E-state index contributed by atoms with van der Waals surface area (Å²) in [7, 11) is 0. The number of carbonyl (C=O) groups is 2. The van der Waals surface area contributed by atoms with Crippen molar-refractivity contribution in [1.82, 2.24) is 5.32 Å². The first kappa shape index (κ1) is 15.6. The molecule has 5 heteroatoms. The van der Waals surface area contributed by atoms with E-state index in [1.807, 2.05) is 30.3 Å². The number of primary amides is 1. The Morgan fingerprint density at radius 1 is 1.09 bits per heavy atom. The molecule has 0 heterocycles. The van der Waals surface area contributed by atoms with Crippen molar-refractivity contribution in [2.24, 2.45) is 5.73 Å². The fraction of sp³-hybridized carbons (Fsp3) is 0.176. The lowest BCUT2D eigenvalue weighted by Crippen LogP contribution is -2.27. The first-order chi connectivity index (χ1) is 10.6. The van der Waals surface area contributed by atoms with Crippen LogP contribution in [0.4, 0.5) is 10.5 Å². The van der Waals surface area contributed by atoms with E-state index in [1.165, 1.54) is 5.56 Å². The summed E-state index contributed by atoms with van der Waals surface area (Å²) in [6.07, 6.45) is 0. The van der Waals surface area contributed by atoms with E-state index in [2.05, 4.69) is 17.6 Å². The molecule has 0 aliphatic heterocycles. The molecule has 0 saturated heterocycles. The minimum absolute atomic E-state index is 0.184. The Labute approximate surface area is 129 Å². The van der Waals surface area contributed by atoms with Crippen molar-refractivity contribution < 1.29 is 9.59 Å². The largest absolute Gasteiger partial charge is 0.351 e. The van der Waals surface area contributed by atoms with Crippen LogP contribution in [0.2, 0.25) is 0 Å². The molecule has 5 nitrogen and oxygen atoms in total. The third-order valence-electron chi connectivity index (χ3n) is 3.33. The maximum absolute atomic E-state index is 12.2. The molecule has 22 heavy (non-hydrogen) atoms. The van der Waals surface area contributed by atoms with E-state index in [0.29, 0.717) is 17.8 Å². The lowest BCUT2D eigenvalue weighted by molar-refractivity contribution is 0.0951. The molecule has 0 saturated carbocycles. The van der Waals surface area contributed by atoms with E-state index in [-0.39, 0.29) is 11.8 Å². The van der Waals surface area contributed by atoms with Crippen molar-refractivity contribution >= 4 is 17.6 Å². The molecule has 2 aromatic rings. The first-order valence-electron chi connectivity index (χ1n) is 7.06. The predicted octanol–water partition coefficient (Wildman–Crippen LogP) is 2.71. The van der Waals surface area contributed by atoms with E-state index < -0.39 is 6.03 Å². The maximum Gasteiger partial charge on any atom is 0.316 e. The second-order valence-electron chi connectivity index (χ2n) is 5.09. The fourth-order valence-corrected chi connectivity index (χ4v) is 2.13. The Hall–Kier alpha value is -2.82. The third kappa shape index (κ3) is 4.34. The molecule has 2 rings (SSSR count). The molecule has 0 aliphatic carbocycles. The van der Waals surface area contributed by atoms with E-state index in [1.54, 1.807) is 24.3 Å². The fourth-order valence-electron chi connectivity index (χ4n) is 2.13. The molecule has 0 bridgehead atoms. The predicted molar refractivity (Wildman–Crippen MR) is 86.8 cm³/mol. The summed E-state index contributed by atoms with van der Waals surface area (Å²) < 4.78 is 0. The SMILES string of the molecule is CC(CNC(=O)c1cccc(NC(N)=O)c1)c1ccccc1. The van der Waals surface area contributed by atoms with Crippen molar-refractivity contribution in [3.63, 3.8) is 0 Å². The number of nitrogens with two attached hydrogens (primary N) is 1. The zero-order chi connectivity index (χ0) is 15.9. The van der Waals surface area contributed by atoms with Crippen molar-refractivity contribution in [2.45, 2.75) is 12.8 Å². The van der Waals surface area contributed by atoms with Crippen LogP contribution < -0.4 is 16.4 Å². The average molecular weight is 297 g/mol. The van der Waals surface area contributed by atoms with Gasteiger partial charge in [0.1, 0.15) is 0 Å². The molecule has 3 amide bonds. The van der Waals surface area contributed by atoms with Gasteiger partial charge < -0.3 is 16.4 Å². The topological polar surface area (TPSA) is 84.2 Å². The van der Waals surface area contributed by atoms with Gasteiger partial charge in [-0.1, -0.05) is 43.3 Å². The third-order valence-corrected chi connectivity index (χ3v) is 3.33. The molecule has 0 spiro atoms. The van der Waals surface area contributed by atoms with Crippen LogP contribution in [-0.2, 0) is 0 Å². The van der Waals surface area contributed by atoms with Gasteiger partial charge in [-0.05, 0) is 29.7 Å². The van der Waals surface area contributed by atoms with Gasteiger partial charge in [0, 0.05) is 17.8 Å². The lowest BCUT2D eigenvalue weighted by atomic mass is 10.0. The molecule has 0 radical (unpaired) electrons. The molecule has 0 fully saturated rings. The Balaban J connectivity index is 1.96. The standard InChI is InChI=1S/C17H19N3O2/c1-12(13-6-3-2-4-7-13)11-19-16(21)14-8-5-9-15(10-14)20-17(18)22/h2-10,12H,11H2,1H3,(H,19,21)(H3,18,20,22). The summed E-state index contributed by atoms with van der Waals surface area (Å²) in [6.45, 7) is 2.59. The number of benzene rings is 2. The molecule has 0 aliphatic rings. The van der Waals surface area contributed by atoms with Crippen LogP contribution in [0.25, 0.3) is 0 Å². The van der Waals surface area contributed by atoms with Gasteiger partial charge in [-0.2, -0.15) is 0 Å². The molecule has 1 atom stereocenters. The Bertz CT molecular complexity index is 656. The van der Waals surface area contributed by atoms with E-state index in [4.69, 9.17) is 5.73 Å². The quantitative estimate of drug-likeness (QED) is 0.792. The van der Waals surface area contributed by atoms with E-state index in [0.717, 1.165) is 0 Å². The number of hydrogen-bond donors (Lipinski definition) is 3. The molecule has 114 valence electrons. The van der Waals surface area contributed by atoms with Crippen LogP contribution in [0.3, 0.4) is 0 Å². The molecule has 2 aromatic carbocycles. The molecule has 1 unspecified atom stereocenters. The number of hydrogen-bond acceptors (Lipinski definition) is 2. The number of carbonyl (C=O) groups excluding carboxylic acids is 2. The first-order valence-corrected chi connectivity index (χ1v) is 7.06. The highest BCUT2D eigenvalue weighted by molar-refractivity contribution is 5.96. The Morgan fingerprint density at radius 3 is 2.50 bits per heavy atom. The maximum atomic E-state index is 12.2. The summed E-state index contributed by atoms with van der Waals surface area (Å²) in [5.41, 5.74) is 7.21. The Kier molecular flexibility index (Phi) is 5.14. The molecular weight excluding hydrogens is 278 g/mol. The molecule has 4 N–H and O–H groups in total. The number of rotatable bonds is 5. The highest BCUT2D eigenvalue weighted by Crippen LogP contribution is 2.14.